The van der Waals surface area contributed by atoms with Crippen molar-refractivity contribution in [2.45, 2.75) is 32.0 Å². The molecule has 11 aromatic rings. The molecule has 12 rings (SSSR count). The third-order valence-corrected chi connectivity index (χ3v) is 17.0. The third-order valence-electron chi connectivity index (χ3n) is 14.5. The van der Waals surface area contributed by atoms with Crippen LogP contribution in [0.5, 0.6) is 0 Å². The fourth-order valence-electron chi connectivity index (χ4n) is 11.1. The van der Waals surface area contributed by atoms with Gasteiger partial charge in [-0.2, -0.15) is 26.3 Å². The SMILES string of the molecule is C[N+]1(Cc2ccccc2P(c2ccc(C(F)(F)F)cc2)c2ccc(C(F)(F)F)cc2)Cc2c(-c3ccc4ccccc4c3)cc3ccccc3c2-c2c(c(-c3ccc4ccccc4c3)cc3ccccc23)C1. The second-order valence-electron chi connectivity index (χ2n) is 19.3. The number of alkyl halides is 6. The average Bonchev–Trinajstić information content (AvgIpc) is 3.52. The van der Waals surface area contributed by atoms with E-state index in [1.54, 1.807) is 0 Å². The Morgan fingerprint density at radius 1 is 0.403 bits per heavy atom. The summed E-state index contributed by atoms with van der Waals surface area (Å²) in [4.78, 5) is 0. The van der Waals surface area contributed by atoms with Crippen LogP contribution in [0.2, 0.25) is 0 Å². The second kappa shape index (κ2) is 17.6. The Labute approximate surface area is 414 Å². The van der Waals surface area contributed by atoms with Gasteiger partial charge in [0.1, 0.15) is 19.6 Å². The first-order chi connectivity index (χ1) is 34.8. The summed E-state index contributed by atoms with van der Waals surface area (Å²) in [5, 5.41) is 11.2. The zero-order valence-corrected chi connectivity index (χ0v) is 40.0. The van der Waals surface area contributed by atoms with Crippen LogP contribution >= 0.6 is 7.92 Å². The summed E-state index contributed by atoms with van der Waals surface area (Å²) in [6.45, 7) is 1.72. The molecule has 0 aromatic heterocycles. The lowest BCUT2D eigenvalue weighted by Crippen LogP contribution is -2.43. The Morgan fingerprint density at radius 3 is 1.24 bits per heavy atom. The van der Waals surface area contributed by atoms with Gasteiger partial charge in [0.2, 0.25) is 0 Å². The molecule has 0 fully saturated rings. The lowest BCUT2D eigenvalue weighted by molar-refractivity contribution is -0.947. The summed E-state index contributed by atoms with van der Waals surface area (Å²) in [7, 11) is 0.664. The molecule has 352 valence electrons. The molecule has 0 amide bonds. The zero-order valence-electron chi connectivity index (χ0n) is 39.1. The molecular formula is C64H45F6NP+. The van der Waals surface area contributed by atoms with Crippen molar-refractivity contribution < 1.29 is 30.8 Å². The Hall–Kier alpha value is -7.57. The highest BCUT2D eigenvalue weighted by molar-refractivity contribution is 7.79. The fraction of sp³-hybridized carbons (Fsp3) is 0.0938. The number of hydrogen-bond donors (Lipinski definition) is 0. The van der Waals surface area contributed by atoms with E-state index in [1.807, 2.05) is 18.2 Å². The highest BCUT2D eigenvalue weighted by atomic mass is 31.1. The van der Waals surface area contributed by atoms with E-state index < -0.39 is 31.4 Å². The zero-order chi connectivity index (χ0) is 49.4. The number of rotatable bonds is 7. The van der Waals surface area contributed by atoms with Gasteiger partial charge in [-0.3, -0.25) is 0 Å². The summed E-state index contributed by atoms with van der Waals surface area (Å²) < 4.78 is 84.6. The van der Waals surface area contributed by atoms with Gasteiger partial charge in [-0.25, -0.2) is 0 Å². The smallest absolute Gasteiger partial charge is 0.315 e. The van der Waals surface area contributed by atoms with Crippen molar-refractivity contribution in [3.63, 3.8) is 0 Å². The number of hydrogen-bond acceptors (Lipinski definition) is 0. The molecule has 0 aliphatic carbocycles. The van der Waals surface area contributed by atoms with Crippen molar-refractivity contribution in [2.75, 3.05) is 7.05 Å². The molecule has 11 aromatic carbocycles. The first-order valence-corrected chi connectivity index (χ1v) is 25.3. The van der Waals surface area contributed by atoms with Crippen LogP contribution in [0.15, 0.2) is 218 Å². The van der Waals surface area contributed by atoms with Crippen LogP contribution in [-0.4, -0.2) is 11.5 Å². The van der Waals surface area contributed by atoms with Crippen LogP contribution in [0.1, 0.15) is 27.8 Å². The fourth-order valence-corrected chi connectivity index (χ4v) is 13.6. The molecule has 0 spiro atoms. The topological polar surface area (TPSA) is 0 Å². The summed E-state index contributed by atoms with van der Waals surface area (Å²) in [5.41, 5.74) is 8.67. The molecule has 1 aliphatic heterocycles. The maximum absolute atomic E-state index is 14.0. The quantitative estimate of drug-likeness (QED) is 0.0848. The van der Waals surface area contributed by atoms with Gasteiger partial charge in [0, 0.05) is 27.8 Å². The second-order valence-corrected chi connectivity index (χ2v) is 21.5. The maximum atomic E-state index is 14.0. The highest BCUT2D eigenvalue weighted by Crippen LogP contribution is 2.51. The molecule has 0 saturated heterocycles. The molecule has 0 radical (unpaired) electrons. The first kappa shape index (κ1) is 45.6. The van der Waals surface area contributed by atoms with Crippen LogP contribution in [0.25, 0.3) is 76.5 Å². The van der Waals surface area contributed by atoms with E-state index in [4.69, 9.17) is 0 Å². The first-order valence-electron chi connectivity index (χ1n) is 23.9. The van der Waals surface area contributed by atoms with Crippen LogP contribution in [-0.2, 0) is 32.0 Å². The van der Waals surface area contributed by atoms with Crippen LogP contribution < -0.4 is 15.9 Å². The van der Waals surface area contributed by atoms with Crippen molar-refractivity contribution in [3.05, 3.63) is 246 Å². The van der Waals surface area contributed by atoms with Gasteiger partial charge < -0.3 is 4.48 Å². The van der Waals surface area contributed by atoms with E-state index in [0.29, 0.717) is 34.7 Å². The molecule has 0 atom stereocenters. The van der Waals surface area contributed by atoms with E-state index in [-0.39, 0.29) is 0 Å². The minimum Gasteiger partial charge on any atom is -0.315 e. The average molecular weight is 973 g/mol. The van der Waals surface area contributed by atoms with Crippen LogP contribution in [0.4, 0.5) is 26.3 Å². The Kier molecular flexibility index (Phi) is 11.2. The van der Waals surface area contributed by atoms with Crippen molar-refractivity contribution in [1.82, 2.24) is 0 Å². The monoisotopic (exact) mass is 972 g/mol. The van der Waals surface area contributed by atoms with Crippen molar-refractivity contribution in [3.8, 4) is 33.4 Å². The number of fused-ring (bicyclic) bond motifs is 9. The highest BCUT2D eigenvalue weighted by Gasteiger charge is 2.38. The lowest BCUT2D eigenvalue weighted by atomic mass is 9.82. The molecule has 1 heterocycles. The molecule has 0 N–H and O–H groups in total. The van der Waals surface area contributed by atoms with Crippen LogP contribution in [0.3, 0.4) is 0 Å². The van der Waals surface area contributed by atoms with E-state index in [0.717, 1.165) is 100 Å². The number of benzene rings is 11. The Balaban J connectivity index is 1.12. The van der Waals surface area contributed by atoms with Gasteiger partial charge in [-0.05, 0) is 138 Å². The third kappa shape index (κ3) is 8.30. The van der Waals surface area contributed by atoms with E-state index in [2.05, 4.69) is 159 Å². The molecule has 0 saturated carbocycles. The van der Waals surface area contributed by atoms with Gasteiger partial charge in [-0.1, -0.05) is 170 Å². The Morgan fingerprint density at radius 2 is 0.792 bits per heavy atom. The number of nitrogens with zero attached hydrogens (tertiary/aromatic N) is 1. The van der Waals surface area contributed by atoms with Gasteiger partial charge in [0.15, 0.2) is 0 Å². The predicted molar refractivity (Wildman–Crippen MR) is 285 cm³/mol. The Bertz CT molecular complexity index is 3670. The summed E-state index contributed by atoms with van der Waals surface area (Å²) in [6.07, 6.45) is -9.11. The normalized spacial score (nSPS) is 13.7. The molecule has 1 nitrogen and oxygen atoms in total. The minimum atomic E-state index is -4.56. The van der Waals surface area contributed by atoms with Crippen molar-refractivity contribution in [2.24, 2.45) is 0 Å². The molecule has 0 unspecified atom stereocenters. The van der Waals surface area contributed by atoms with E-state index in [1.165, 1.54) is 46.5 Å². The largest absolute Gasteiger partial charge is 0.416 e. The maximum Gasteiger partial charge on any atom is 0.416 e. The molecule has 0 bridgehead atoms. The van der Waals surface area contributed by atoms with Crippen LogP contribution in [0, 0.1) is 0 Å². The molecule has 72 heavy (non-hydrogen) atoms. The summed E-state index contributed by atoms with van der Waals surface area (Å²) >= 11 is 0. The standard InChI is InChI=1S/C64H45F6NP/c1-71(38-49-18-8-11-21-60(49)72(52-30-26-50(27-31-52)63(65,66)67)53-32-28-51(29-33-53)64(68,69)70)39-58-56(47-24-22-41-12-2-4-14-43(41)34-47)36-45-16-6-9-19-54(45)61(58)62-55-20-10-7-17-46(55)37-57(59(62)40-71)48-25-23-42-13-3-5-15-44(42)35-48/h2-37H,38-40H2,1H3/q+1. The predicted octanol–water partition coefficient (Wildman–Crippen LogP) is 16.8. The van der Waals surface area contributed by atoms with Gasteiger partial charge in [0.25, 0.3) is 0 Å². The van der Waals surface area contributed by atoms with Gasteiger partial charge in [-0.15, -0.1) is 0 Å². The van der Waals surface area contributed by atoms with Gasteiger partial charge >= 0.3 is 12.4 Å². The van der Waals surface area contributed by atoms with Crippen molar-refractivity contribution >= 4 is 66.9 Å². The van der Waals surface area contributed by atoms with E-state index >= 15 is 0 Å². The number of halogens is 6. The molecular weight excluding hydrogens is 928 g/mol. The van der Waals surface area contributed by atoms with Gasteiger partial charge in [0.05, 0.1) is 18.2 Å². The summed E-state index contributed by atoms with van der Waals surface area (Å²) in [5.74, 6) is 0. The van der Waals surface area contributed by atoms with E-state index in [9.17, 15) is 26.3 Å². The molecule has 1 aliphatic rings. The number of quaternary nitrogens is 1. The minimum absolute atomic E-state index is 0.498. The van der Waals surface area contributed by atoms with Crippen molar-refractivity contribution in [1.29, 1.82) is 0 Å². The molecule has 8 heteroatoms. The lowest BCUT2D eigenvalue weighted by Gasteiger charge is -2.36. The summed E-state index contributed by atoms with van der Waals surface area (Å²) in [6, 6.07) is 70.5.